The van der Waals surface area contributed by atoms with E-state index >= 15 is 0 Å². The topological polar surface area (TPSA) is 80.3 Å². The van der Waals surface area contributed by atoms with Crippen molar-refractivity contribution in [3.05, 3.63) is 13.8 Å². The zero-order valence-corrected chi connectivity index (χ0v) is 19.1. The van der Waals surface area contributed by atoms with Crippen LogP contribution in [0, 0.1) is 13.8 Å². The van der Waals surface area contributed by atoms with Crippen molar-refractivity contribution < 1.29 is 19.8 Å². The number of carbonyl (C=O) groups excluding carboxylic acids is 2. The summed E-state index contributed by atoms with van der Waals surface area (Å²) in [6.45, 7) is 11.9. The van der Waals surface area contributed by atoms with E-state index in [4.69, 9.17) is 0 Å². The fourth-order valence-corrected chi connectivity index (χ4v) is 2.09. The van der Waals surface area contributed by atoms with Crippen LogP contribution in [0.3, 0.4) is 0 Å². The molecule has 0 aliphatic heterocycles. The second-order valence-corrected chi connectivity index (χ2v) is 6.20. The van der Waals surface area contributed by atoms with Crippen LogP contribution < -0.4 is 10.2 Å². The minimum absolute atomic E-state index is 0. The van der Waals surface area contributed by atoms with Gasteiger partial charge in [-0.3, -0.25) is 0 Å². The number of rotatable bonds is 12. The number of hydrogen-bond donors (Lipinski definition) is 0. The number of aliphatic carboxylic acids is 2. The van der Waals surface area contributed by atoms with Gasteiger partial charge in [-0.05, 0) is 24.3 Å². The zero-order chi connectivity index (χ0) is 18.3. The Morgan fingerprint density at radius 3 is 1.29 bits per heavy atom. The molecular formula is C18H34O4SSn. The van der Waals surface area contributed by atoms with Crippen molar-refractivity contribution in [2.75, 3.05) is 11.5 Å². The maximum absolute atomic E-state index is 9.84. The zero-order valence-electron chi connectivity index (χ0n) is 15.4. The quantitative estimate of drug-likeness (QED) is 0.327. The number of carbonyl (C=O) groups is 2. The van der Waals surface area contributed by atoms with Crippen molar-refractivity contribution in [1.29, 1.82) is 0 Å². The molecule has 0 spiro atoms. The van der Waals surface area contributed by atoms with Crippen molar-refractivity contribution in [2.45, 2.75) is 78.1 Å². The van der Waals surface area contributed by atoms with Gasteiger partial charge < -0.3 is 19.8 Å². The molecule has 4 nitrogen and oxygen atoms in total. The predicted octanol–water partition coefficient (Wildman–Crippen LogP) is 2.42. The summed E-state index contributed by atoms with van der Waals surface area (Å²) in [7, 11) is 0. The van der Waals surface area contributed by atoms with Gasteiger partial charge in [0, 0.05) is 11.9 Å². The normalized spacial score (nSPS) is 8.83. The summed E-state index contributed by atoms with van der Waals surface area (Å²) < 4.78 is 0. The molecule has 0 saturated heterocycles. The van der Waals surface area contributed by atoms with E-state index in [0.29, 0.717) is 11.5 Å². The first-order valence-electron chi connectivity index (χ1n) is 8.52. The Kier molecular flexibility index (Phi) is 41.0. The third kappa shape index (κ3) is 49.5. The second kappa shape index (κ2) is 30.9. The van der Waals surface area contributed by atoms with Gasteiger partial charge >= 0.3 is 23.9 Å². The van der Waals surface area contributed by atoms with Gasteiger partial charge in [0.1, 0.15) is 0 Å². The van der Waals surface area contributed by atoms with Crippen LogP contribution in [0.25, 0.3) is 0 Å². The summed E-state index contributed by atoms with van der Waals surface area (Å²) in [5.74, 6) is -1.41. The summed E-state index contributed by atoms with van der Waals surface area (Å²) in [4.78, 5) is 19.7. The van der Waals surface area contributed by atoms with Crippen LogP contribution >= 0.6 is 11.8 Å². The maximum Gasteiger partial charge on any atom is 2.00 e. The molecule has 0 amide bonds. The molecule has 0 rings (SSSR count). The molecular weight excluding hydrogens is 431 g/mol. The van der Waals surface area contributed by atoms with Gasteiger partial charge in [0.25, 0.3) is 0 Å². The summed E-state index contributed by atoms with van der Waals surface area (Å²) in [6, 6.07) is 0. The van der Waals surface area contributed by atoms with Crippen LogP contribution in [-0.4, -0.2) is 47.4 Å². The Hall–Kier alpha value is 0.0887. The van der Waals surface area contributed by atoms with Crippen molar-refractivity contribution in [1.82, 2.24) is 0 Å². The molecule has 0 fully saturated rings. The molecule has 4 radical (unpaired) electrons. The average molecular weight is 465 g/mol. The standard InChI is InChI=1S/C6H10O4S.2C6H13.Sn/c7-5(8)1-3-11-4-2-6(9)10;2*1-3-5-6-4-2;/h1-4H2,(H,7,8)(H,9,10);2*1,3-6H2,2H3;/q;;;+2/p-2. The smallest absolute Gasteiger partial charge is 0.550 e. The summed E-state index contributed by atoms with van der Waals surface area (Å²) in [5.41, 5.74) is 0. The Bertz CT molecular complexity index is 219. The van der Waals surface area contributed by atoms with Crippen LogP contribution in [0.15, 0.2) is 0 Å². The molecule has 6 heteroatoms. The van der Waals surface area contributed by atoms with E-state index in [2.05, 4.69) is 27.7 Å². The van der Waals surface area contributed by atoms with E-state index in [1.807, 2.05) is 0 Å². The molecule has 0 aliphatic rings. The maximum atomic E-state index is 9.84. The van der Waals surface area contributed by atoms with Gasteiger partial charge in [0.2, 0.25) is 0 Å². The van der Waals surface area contributed by atoms with Gasteiger partial charge in [0.05, 0.1) is 0 Å². The van der Waals surface area contributed by atoms with E-state index in [1.54, 1.807) is 0 Å². The first kappa shape index (κ1) is 31.8. The Morgan fingerprint density at radius 1 is 0.792 bits per heavy atom. The van der Waals surface area contributed by atoms with Crippen molar-refractivity contribution in [3.8, 4) is 0 Å². The van der Waals surface area contributed by atoms with E-state index in [9.17, 15) is 19.8 Å². The number of carboxylic acid groups (broad SMARTS) is 2. The van der Waals surface area contributed by atoms with Gasteiger partial charge in [-0.25, -0.2) is 0 Å². The molecule has 0 aromatic heterocycles. The molecule has 0 atom stereocenters. The van der Waals surface area contributed by atoms with Crippen molar-refractivity contribution in [3.63, 3.8) is 0 Å². The van der Waals surface area contributed by atoms with Crippen molar-refractivity contribution >= 4 is 47.6 Å². The molecule has 24 heavy (non-hydrogen) atoms. The van der Waals surface area contributed by atoms with Gasteiger partial charge in [-0.15, -0.1) is 0 Å². The Morgan fingerprint density at radius 2 is 1.12 bits per heavy atom. The van der Waals surface area contributed by atoms with Gasteiger partial charge in [-0.1, -0.05) is 79.1 Å². The minimum atomic E-state index is -1.11. The van der Waals surface area contributed by atoms with E-state index in [1.165, 1.54) is 50.3 Å². The third-order valence-corrected chi connectivity index (χ3v) is 3.59. The minimum Gasteiger partial charge on any atom is -0.550 e. The average Bonchev–Trinajstić information content (AvgIpc) is 2.51. The van der Waals surface area contributed by atoms with Crippen LogP contribution in [0.5, 0.6) is 0 Å². The van der Waals surface area contributed by atoms with Gasteiger partial charge in [0.15, 0.2) is 0 Å². The molecule has 0 unspecified atom stereocenters. The van der Waals surface area contributed by atoms with Crippen molar-refractivity contribution in [2.24, 2.45) is 0 Å². The molecule has 0 saturated carbocycles. The summed E-state index contributed by atoms with van der Waals surface area (Å²) in [5, 5.41) is 19.7. The third-order valence-electron chi connectivity index (χ3n) is 2.61. The van der Waals surface area contributed by atoms with Crippen LogP contribution in [0.1, 0.15) is 78.1 Å². The van der Waals surface area contributed by atoms with Crippen LogP contribution in [0.2, 0.25) is 0 Å². The van der Waals surface area contributed by atoms with E-state index in [-0.39, 0.29) is 36.7 Å². The van der Waals surface area contributed by atoms with Crippen LogP contribution in [0.4, 0.5) is 0 Å². The summed E-state index contributed by atoms with van der Waals surface area (Å²) in [6.07, 6.45) is 10.1. The first-order chi connectivity index (χ1) is 11.0. The fraction of sp³-hybridized carbons (Fsp3) is 0.778. The largest absolute Gasteiger partial charge is 2.00 e. The first-order valence-corrected chi connectivity index (χ1v) is 9.67. The summed E-state index contributed by atoms with van der Waals surface area (Å²) >= 11 is 1.27. The predicted molar refractivity (Wildman–Crippen MR) is 101 cm³/mol. The van der Waals surface area contributed by atoms with E-state index < -0.39 is 11.9 Å². The number of unbranched alkanes of at least 4 members (excludes halogenated alkanes) is 6. The number of hydrogen-bond acceptors (Lipinski definition) is 5. The van der Waals surface area contributed by atoms with Gasteiger partial charge in [-0.2, -0.15) is 11.8 Å². The van der Waals surface area contributed by atoms with E-state index in [0.717, 1.165) is 12.8 Å². The molecule has 0 heterocycles. The SMILES string of the molecule is O=C([O-])CCSCCC(=O)[O-].[CH2]CCCCC.[CH2]CCCCC.[Sn+2]. The Balaban J connectivity index is -0.000000132. The molecule has 0 aromatic carbocycles. The molecule has 0 aliphatic carbocycles. The molecule has 140 valence electrons. The second-order valence-electron chi connectivity index (χ2n) is 4.98. The monoisotopic (exact) mass is 466 g/mol. The Labute approximate surface area is 170 Å². The number of carboxylic acids is 2. The molecule has 0 aromatic rings. The molecule has 0 N–H and O–H groups in total. The molecule has 0 bridgehead atoms. The fourth-order valence-electron chi connectivity index (χ4n) is 1.27. The van der Waals surface area contributed by atoms with Crippen LogP contribution in [-0.2, 0) is 9.59 Å². The number of thioether (sulfide) groups is 1.